The second-order valence-corrected chi connectivity index (χ2v) is 10.00. The van der Waals surface area contributed by atoms with Crippen LogP contribution in [0.5, 0.6) is 0 Å². The molecule has 0 bridgehead atoms. The Morgan fingerprint density at radius 2 is 0.848 bits per heavy atom. The first kappa shape index (κ1) is 29.7. The molecule has 0 heterocycles. The number of carbonyl (C=O) groups excluding carboxylic acids is 1. The molecule has 0 saturated heterocycles. The Morgan fingerprint density at radius 1 is 0.515 bits per heavy atom. The highest BCUT2D eigenvalue weighted by Crippen LogP contribution is 2.26. The summed E-state index contributed by atoms with van der Waals surface area (Å²) in [6, 6.07) is 0. The third kappa shape index (κ3) is 11.6. The van der Waals surface area contributed by atoms with Crippen molar-refractivity contribution in [1.29, 1.82) is 0 Å². The van der Waals surface area contributed by atoms with Gasteiger partial charge < -0.3 is 0 Å². The van der Waals surface area contributed by atoms with Crippen LogP contribution < -0.4 is 0 Å². The van der Waals surface area contributed by atoms with Crippen LogP contribution in [0.1, 0.15) is 148 Å². The van der Waals surface area contributed by atoms with E-state index in [1.807, 2.05) is 13.8 Å². The Labute approximate surface area is 205 Å². The molecule has 3 heteroatoms. The van der Waals surface area contributed by atoms with Gasteiger partial charge in [-0.05, 0) is 68.9 Å². The molecule has 0 radical (unpaired) electrons. The highest BCUT2D eigenvalue weighted by Gasteiger charge is 2.20. The van der Waals surface area contributed by atoms with Gasteiger partial charge in [0, 0.05) is 0 Å². The zero-order valence-electron chi connectivity index (χ0n) is 22.7. The van der Waals surface area contributed by atoms with Crippen molar-refractivity contribution in [2.45, 2.75) is 144 Å². The van der Waals surface area contributed by atoms with E-state index in [9.17, 15) is 4.79 Å². The second-order valence-electron chi connectivity index (χ2n) is 10.00. The summed E-state index contributed by atoms with van der Waals surface area (Å²) in [6.45, 7) is 13.0. The Morgan fingerprint density at radius 3 is 1.24 bits per heavy atom. The molecule has 0 saturated carbocycles. The fourth-order valence-electron chi connectivity index (χ4n) is 4.65. The van der Waals surface area contributed by atoms with E-state index in [1.165, 1.54) is 95.5 Å². The van der Waals surface area contributed by atoms with Crippen molar-refractivity contribution < 1.29 is 14.6 Å². The molecule has 0 fully saturated rings. The van der Waals surface area contributed by atoms with E-state index in [0.717, 1.165) is 35.1 Å². The van der Waals surface area contributed by atoms with Crippen LogP contribution in [0.3, 0.4) is 0 Å². The third-order valence-electron chi connectivity index (χ3n) is 7.42. The Kier molecular flexibility index (Phi) is 16.2. The van der Waals surface area contributed by atoms with Gasteiger partial charge in [-0.15, -0.1) is 0 Å². The topological polar surface area (TPSA) is 35.5 Å². The fraction of sp³-hybridized carbons (Fsp3) is 0.767. The van der Waals surface area contributed by atoms with Crippen LogP contribution >= 0.6 is 0 Å². The lowest BCUT2D eigenvalue weighted by atomic mass is 9.90. The molecule has 33 heavy (non-hydrogen) atoms. The molecule has 3 nitrogen and oxygen atoms in total. The molecule has 1 aromatic carbocycles. The minimum atomic E-state index is -0.368. The van der Waals surface area contributed by atoms with Gasteiger partial charge in [0.25, 0.3) is 0 Å². The van der Waals surface area contributed by atoms with Crippen LogP contribution in [0.25, 0.3) is 0 Å². The fourth-order valence-corrected chi connectivity index (χ4v) is 4.65. The van der Waals surface area contributed by atoms with E-state index in [1.54, 1.807) is 0 Å². The molecule has 0 amide bonds. The summed E-state index contributed by atoms with van der Waals surface area (Å²) in [5.74, 6) is -0.368. The molecule has 0 spiro atoms. The van der Waals surface area contributed by atoms with Gasteiger partial charge in [-0.2, -0.15) is 4.89 Å². The van der Waals surface area contributed by atoms with E-state index >= 15 is 0 Å². The van der Waals surface area contributed by atoms with Gasteiger partial charge in [0.05, 0.1) is 12.2 Å². The van der Waals surface area contributed by atoms with Crippen LogP contribution in [-0.2, 0) is 9.78 Å². The average molecular weight is 461 g/mol. The first-order valence-corrected chi connectivity index (χ1v) is 13.8. The van der Waals surface area contributed by atoms with Crippen molar-refractivity contribution in [1.82, 2.24) is 0 Å². The van der Waals surface area contributed by atoms with Gasteiger partial charge in [-0.3, -0.25) is 4.89 Å². The maximum absolute atomic E-state index is 12.5. The molecular weight excluding hydrogens is 408 g/mol. The highest BCUT2D eigenvalue weighted by molar-refractivity contribution is 5.93. The minimum absolute atomic E-state index is 0.368. The molecule has 190 valence electrons. The SMILES string of the molecule is CCCCCCCCCCCCCCCCCCOOC(=O)c1c(C)c(C)c(C)c(C)c1C. The summed E-state index contributed by atoms with van der Waals surface area (Å²) in [5, 5.41) is 0. The number of hydrogen-bond acceptors (Lipinski definition) is 3. The van der Waals surface area contributed by atoms with Crippen LogP contribution in [0, 0.1) is 34.6 Å². The smallest absolute Gasteiger partial charge is 0.293 e. The monoisotopic (exact) mass is 460 g/mol. The molecule has 1 rings (SSSR count). The summed E-state index contributed by atoms with van der Waals surface area (Å²) in [6.07, 6.45) is 21.5. The summed E-state index contributed by atoms with van der Waals surface area (Å²) >= 11 is 0. The predicted octanol–water partition coefficient (Wildman–Crippen LogP) is 9.58. The summed E-state index contributed by atoms with van der Waals surface area (Å²) in [4.78, 5) is 22.9. The molecule has 0 aliphatic carbocycles. The van der Waals surface area contributed by atoms with Crippen molar-refractivity contribution in [2.24, 2.45) is 0 Å². The van der Waals surface area contributed by atoms with E-state index < -0.39 is 0 Å². The molecular formula is C30H52O3. The number of hydrogen-bond donors (Lipinski definition) is 0. The van der Waals surface area contributed by atoms with Gasteiger partial charge >= 0.3 is 5.97 Å². The lowest BCUT2D eigenvalue weighted by Crippen LogP contribution is -2.13. The average Bonchev–Trinajstić information content (AvgIpc) is 2.80. The lowest BCUT2D eigenvalue weighted by Gasteiger charge is -2.17. The van der Waals surface area contributed by atoms with Gasteiger partial charge in [0.1, 0.15) is 0 Å². The minimum Gasteiger partial charge on any atom is -0.293 e. The summed E-state index contributed by atoms with van der Waals surface area (Å²) in [7, 11) is 0. The van der Waals surface area contributed by atoms with E-state index in [0.29, 0.717) is 12.2 Å². The van der Waals surface area contributed by atoms with Crippen LogP contribution in [-0.4, -0.2) is 12.6 Å². The Balaban J connectivity index is 1.98. The highest BCUT2D eigenvalue weighted by atomic mass is 17.2. The van der Waals surface area contributed by atoms with E-state index in [4.69, 9.17) is 9.78 Å². The van der Waals surface area contributed by atoms with E-state index in [2.05, 4.69) is 27.7 Å². The number of carbonyl (C=O) groups is 1. The molecule has 0 unspecified atom stereocenters. The first-order valence-electron chi connectivity index (χ1n) is 13.8. The molecule has 0 N–H and O–H groups in total. The van der Waals surface area contributed by atoms with Crippen LogP contribution in [0.4, 0.5) is 0 Å². The maximum Gasteiger partial charge on any atom is 0.373 e. The summed E-state index contributed by atoms with van der Waals surface area (Å²) in [5.41, 5.74) is 6.20. The molecule has 0 aromatic heterocycles. The predicted molar refractivity (Wildman–Crippen MR) is 141 cm³/mol. The largest absolute Gasteiger partial charge is 0.373 e. The summed E-state index contributed by atoms with van der Waals surface area (Å²) < 4.78 is 0. The van der Waals surface area contributed by atoms with Gasteiger partial charge in [0.2, 0.25) is 0 Å². The molecule has 0 atom stereocenters. The standard InChI is InChI=1S/C30H52O3/c1-7-8-9-10-11-12-13-14-15-16-17-18-19-20-21-22-23-32-33-30(31)29-27(5)25(3)24(2)26(4)28(29)6/h7-23H2,1-6H3. The van der Waals surface area contributed by atoms with Crippen LogP contribution in [0.2, 0.25) is 0 Å². The van der Waals surface area contributed by atoms with E-state index in [-0.39, 0.29) is 5.97 Å². The Bertz CT molecular complexity index is 649. The molecule has 0 aliphatic heterocycles. The van der Waals surface area contributed by atoms with Crippen molar-refractivity contribution in [3.05, 3.63) is 33.4 Å². The van der Waals surface area contributed by atoms with Crippen molar-refractivity contribution in [3.8, 4) is 0 Å². The van der Waals surface area contributed by atoms with Crippen molar-refractivity contribution in [2.75, 3.05) is 6.61 Å². The van der Waals surface area contributed by atoms with Crippen molar-refractivity contribution >= 4 is 5.97 Å². The van der Waals surface area contributed by atoms with Gasteiger partial charge in [0.15, 0.2) is 0 Å². The zero-order valence-corrected chi connectivity index (χ0v) is 22.7. The Hall–Kier alpha value is -1.35. The number of rotatable bonds is 19. The quantitative estimate of drug-likeness (QED) is 0.117. The maximum atomic E-state index is 12.5. The zero-order chi connectivity index (χ0) is 24.5. The number of unbranched alkanes of at least 4 members (excludes halogenated alkanes) is 15. The van der Waals surface area contributed by atoms with Crippen LogP contribution in [0.15, 0.2) is 0 Å². The third-order valence-corrected chi connectivity index (χ3v) is 7.42. The molecule has 1 aromatic rings. The van der Waals surface area contributed by atoms with Gasteiger partial charge in [-0.25, -0.2) is 4.79 Å². The lowest BCUT2D eigenvalue weighted by molar-refractivity contribution is -0.241. The number of benzene rings is 1. The second kappa shape index (κ2) is 18.0. The molecule has 0 aliphatic rings. The van der Waals surface area contributed by atoms with Crippen molar-refractivity contribution in [3.63, 3.8) is 0 Å². The normalized spacial score (nSPS) is 11.2. The van der Waals surface area contributed by atoms with Gasteiger partial charge in [-0.1, -0.05) is 103 Å². The first-order chi connectivity index (χ1) is 15.9.